The summed E-state index contributed by atoms with van der Waals surface area (Å²) in [5.74, 6) is 1.56. The van der Waals surface area contributed by atoms with E-state index in [1.165, 1.54) is 16.3 Å². The molecule has 0 unspecified atom stereocenters. The van der Waals surface area contributed by atoms with E-state index in [4.69, 9.17) is 16.2 Å². The minimum Gasteiger partial charge on any atom is -0.457 e. The fourth-order valence-corrected chi connectivity index (χ4v) is 4.15. The molecule has 4 N–H and O–H groups in total. The highest BCUT2D eigenvalue weighted by atomic mass is 16.5. The van der Waals surface area contributed by atoms with Crippen molar-refractivity contribution in [3.05, 3.63) is 95.6 Å². The molecule has 132 valence electrons. The molecule has 3 nitrogen and oxygen atoms in total. The molecule has 0 saturated carbocycles. The maximum Gasteiger partial charge on any atom is 0.133 e. The largest absolute Gasteiger partial charge is 0.457 e. The normalized spacial score (nSPS) is 14.3. The number of hydrogen-bond acceptors (Lipinski definition) is 3. The molecule has 4 aromatic carbocycles. The molecular weight excluding hydrogens is 332 g/mol. The second-order valence-corrected chi connectivity index (χ2v) is 7.30. The number of nitrogens with two attached hydrogens (primary N) is 2. The van der Waals surface area contributed by atoms with Crippen LogP contribution in [0.4, 0.5) is 11.4 Å². The van der Waals surface area contributed by atoms with Crippen molar-refractivity contribution in [1.29, 1.82) is 0 Å². The van der Waals surface area contributed by atoms with E-state index in [9.17, 15) is 0 Å². The Balaban J connectivity index is 1.83. The van der Waals surface area contributed by atoms with E-state index in [2.05, 4.69) is 61.5 Å². The lowest BCUT2D eigenvalue weighted by Gasteiger charge is -2.38. The van der Waals surface area contributed by atoms with E-state index < -0.39 is 0 Å². The van der Waals surface area contributed by atoms with Gasteiger partial charge in [0, 0.05) is 40.0 Å². The van der Waals surface area contributed by atoms with E-state index in [-0.39, 0.29) is 5.41 Å². The number of rotatable bonds is 1. The van der Waals surface area contributed by atoms with Crippen LogP contribution in [0.2, 0.25) is 0 Å². The molecule has 0 aromatic heterocycles. The van der Waals surface area contributed by atoms with Crippen LogP contribution in [0, 0.1) is 0 Å². The number of ether oxygens (including phenoxy) is 1. The van der Waals surface area contributed by atoms with Gasteiger partial charge >= 0.3 is 0 Å². The van der Waals surface area contributed by atoms with Gasteiger partial charge in [0.2, 0.25) is 0 Å². The average molecular weight is 352 g/mol. The topological polar surface area (TPSA) is 61.3 Å². The van der Waals surface area contributed by atoms with Gasteiger partial charge in [0.1, 0.15) is 11.5 Å². The van der Waals surface area contributed by atoms with Crippen molar-refractivity contribution >= 4 is 22.1 Å². The first-order valence-electron chi connectivity index (χ1n) is 9.03. The lowest BCUT2D eigenvalue weighted by atomic mass is 9.69. The summed E-state index contributed by atoms with van der Waals surface area (Å²) in [5.41, 5.74) is 16.5. The Hall–Kier alpha value is -3.46. The zero-order valence-electron chi connectivity index (χ0n) is 15.1. The average Bonchev–Trinajstić information content (AvgIpc) is 2.67. The van der Waals surface area contributed by atoms with Crippen LogP contribution in [0.25, 0.3) is 10.8 Å². The fraction of sp³-hybridized carbons (Fsp3) is 0.0833. The van der Waals surface area contributed by atoms with Gasteiger partial charge in [-0.2, -0.15) is 0 Å². The molecule has 1 aliphatic heterocycles. The molecule has 4 aromatic rings. The quantitative estimate of drug-likeness (QED) is 0.447. The minimum atomic E-state index is -0.367. The summed E-state index contributed by atoms with van der Waals surface area (Å²) in [6, 6.07) is 26.8. The van der Waals surface area contributed by atoms with Crippen molar-refractivity contribution in [3.63, 3.8) is 0 Å². The van der Waals surface area contributed by atoms with Crippen molar-refractivity contribution in [3.8, 4) is 11.5 Å². The summed E-state index contributed by atoms with van der Waals surface area (Å²) in [5, 5.41) is 2.45. The molecule has 0 saturated heterocycles. The molecule has 0 radical (unpaired) electrons. The molecule has 0 amide bonds. The van der Waals surface area contributed by atoms with Gasteiger partial charge in [0.25, 0.3) is 0 Å². The maximum absolute atomic E-state index is 6.18. The molecule has 0 aliphatic carbocycles. The van der Waals surface area contributed by atoms with Crippen LogP contribution in [0.1, 0.15) is 23.6 Å². The zero-order chi connectivity index (χ0) is 18.6. The predicted octanol–water partition coefficient (Wildman–Crippen LogP) is 5.46. The van der Waals surface area contributed by atoms with Gasteiger partial charge in [0.05, 0.1) is 0 Å². The lowest BCUT2D eigenvalue weighted by molar-refractivity contribution is 0.428. The zero-order valence-corrected chi connectivity index (χ0v) is 15.1. The molecule has 27 heavy (non-hydrogen) atoms. The highest BCUT2D eigenvalue weighted by molar-refractivity contribution is 5.84. The first-order chi connectivity index (χ1) is 13.1. The van der Waals surface area contributed by atoms with Crippen LogP contribution < -0.4 is 16.2 Å². The number of hydrogen-bond donors (Lipinski definition) is 2. The van der Waals surface area contributed by atoms with Crippen molar-refractivity contribution in [2.45, 2.75) is 12.3 Å². The number of nitrogen functional groups attached to an aromatic ring is 2. The summed E-state index contributed by atoms with van der Waals surface area (Å²) < 4.78 is 6.18. The third-order valence-corrected chi connectivity index (χ3v) is 5.64. The summed E-state index contributed by atoms with van der Waals surface area (Å²) in [6.07, 6.45) is 0. The van der Waals surface area contributed by atoms with E-state index in [0.29, 0.717) is 11.4 Å². The van der Waals surface area contributed by atoms with Gasteiger partial charge in [-0.1, -0.05) is 48.5 Å². The Labute approximate surface area is 158 Å². The van der Waals surface area contributed by atoms with E-state index >= 15 is 0 Å². The second kappa shape index (κ2) is 5.52. The molecule has 0 atom stereocenters. The van der Waals surface area contributed by atoms with E-state index in [1.54, 1.807) is 0 Å². The number of fused-ring (bicyclic) bond motifs is 3. The van der Waals surface area contributed by atoms with Gasteiger partial charge in [0.15, 0.2) is 0 Å². The highest BCUT2D eigenvalue weighted by Gasteiger charge is 2.40. The van der Waals surface area contributed by atoms with Crippen LogP contribution in [0.15, 0.2) is 78.9 Å². The molecule has 1 aliphatic rings. The lowest BCUT2D eigenvalue weighted by Crippen LogP contribution is -2.29. The first-order valence-corrected chi connectivity index (χ1v) is 9.03. The van der Waals surface area contributed by atoms with Crippen molar-refractivity contribution in [1.82, 2.24) is 0 Å². The summed E-state index contributed by atoms with van der Waals surface area (Å²) in [4.78, 5) is 0. The van der Waals surface area contributed by atoms with Crippen LogP contribution >= 0.6 is 0 Å². The minimum absolute atomic E-state index is 0.367. The Morgan fingerprint density at radius 1 is 0.667 bits per heavy atom. The molecule has 5 rings (SSSR count). The maximum atomic E-state index is 6.18. The molecular formula is C24H20N2O. The van der Waals surface area contributed by atoms with Crippen LogP contribution in [-0.2, 0) is 5.41 Å². The summed E-state index contributed by atoms with van der Waals surface area (Å²) in [6.45, 7) is 2.24. The van der Waals surface area contributed by atoms with Crippen molar-refractivity contribution < 1.29 is 4.74 Å². The van der Waals surface area contributed by atoms with Crippen molar-refractivity contribution in [2.24, 2.45) is 0 Å². The second-order valence-electron chi connectivity index (χ2n) is 7.30. The van der Waals surface area contributed by atoms with Gasteiger partial charge < -0.3 is 16.2 Å². The van der Waals surface area contributed by atoms with Gasteiger partial charge in [-0.25, -0.2) is 0 Å². The van der Waals surface area contributed by atoms with E-state index in [0.717, 1.165) is 22.6 Å². The van der Waals surface area contributed by atoms with E-state index in [1.807, 2.05) is 24.3 Å². The number of anilines is 2. The summed E-state index contributed by atoms with van der Waals surface area (Å²) in [7, 11) is 0. The molecule has 1 heterocycles. The van der Waals surface area contributed by atoms with Gasteiger partial charge in [-0.15, -0.1) is 0 Å². The summed E-state index contributed by atoms with van der Waals surface area (Å²) >= 11 is 0. The van der Waals surface area contributed by atoms with Gasteiger partial charge in [-0.3, -0.25) is 0 Å². The standard InChI is InChI=1S/C24H20N2O/c1-24(17-7-6-15-4-2-3-5-16(15)12-17)20-10-8-18(25)13-22(20)27-23-14-19(26)9-11-21(23)24/h2-14H,25-26H2,1H3. The molecule has 0 fully saturated rings. The molecule has 3 heteroatoms. The number of benzene rings is 4. The predicted molar refractivity (Wildman–Crippen MR) is 111 cm³/mol. The molecule has 0 bridgehead atoms. The fourth-order valence-electron chi connectivity index (χ4n) is 4.15. The van der Waals surface area contributed by atoms with Crippen LogP contribution in [0.5, 0.6) is 11.5 Å². The Kier molecular flexibility index (Phi) is 3.22. The first kappa shape index (κ1) is 15.8. The smallest absolute Gasteiger partial charge is 0.133 e. The third-order valence-electron chi connectivity index (χ3n) is 5.64. The highest BCUT2D eigenvalue weighted by Crippen LogP contribution is 2.52. The SMILES string of the molecule is CC1(c2ccc3ccccc3c2)c2ccc(N)cc2Oc2cc(N)ccc21. The third kappa shape index (κ3) is 2.28. The molecule has 0 spiro atoms. The Morgan fingerprint density at radius 2 is 1.26 bits per heavy atom. The monoisotopic (exact) mass is 352 g/mol. The van der Waals surface area contributed by atoms with Crippen LogP contribution in [-0.4, -0.2) is 0 Å². The van der Waals surface area contributed by atoms with Gasteiger partial charge in [-0.05, 0) is 41.5 Å². The Bertz CT molecular complexity index is 1140. The van der Waals surface area contributed by atoms with Crippen molar-refractivity contribution in [2.75, 3.05) is 11.5 Å². The Morgan fingerprint density at radius 3 is 1.89 bits per heavy atom. The van der Waals surface area contributed by atoms with Crippen LogP contribution in [0.3, 0.4) is 0 Å².